The number of halogens is 2. The number of hydrogen-bond donors (Lipinski definition) is 2. The third-order valence-corrected chi connectivity index (χ3v) is 3.27. The fraction of sp³-hybridized carbons (Fsp3) is 0.500. The van der Waals surface area contributed by atoms with Crippen LogP contribution in [0.1, 0.15) is 18.9 Å². The topological polar surface area (TPSA) is 40.5 Å². The Balaban J connectivity index is 2.89. The lowest BCUT2D eigenvalue weighted by Gasteiger charge is -2.28. The summed E-state index contributed by atoms with van der Waals surface area (Å²) < 4.78 is 12.9. The molecule has 2 nitrogen and oxygen atoms in total. The molecule has 1 aromatic carbocycles. The molecule has 2 N–H and O–H groups in total. The fourth-order valence-corrected chi connectivity index (χ4v) is 1.80. The summed E-state index contributed by atoms with van der Waals surface area (Å²) in [6.45, 7) is 1.70. The largest absolute Gasteiger partial charge is 0.396 e. The van der Waals surface area contributed by atoms with Crippen molar-refractivity contribution in [3.05, 3.63) is 34.6 Å². The second-order valence-corrected chi connectivity index (χ2v) is 4.50. The van der Waals surface area contributed by atoms with Crippen LogP contribution in [-0.2, 0) is 6.42 Å². The van der Waals surface area contributed by atoms with E-state index in [-0.39, 0.29) is 18.2 Å². The van der Waals surface area contributed by atoms with Crippen LogP contribution in [0.4, 0.5) is 4.39 Å². The molecule has 0 unspecified atom stereocenters. The molecule has 16 heavy (non-hydrogen) atoms. The van der Waals surface area contributed by atoms with Crippen LogP contribution in [0.3, 0.4) is 0 Å². The van der Waals surface area contributed by atoms with Gasteiger partial charge in [-0.25, -0.2) is 4.39 Å². The number of aliphatic hydroxyl groups excluding tert-OH is 2. The van der Waals surface area contributed by atoms with Gasteiger partial charge in [0.25, 0.3) is 0 Å². The van der Waals surface area contributed by atoms with Crippen molar-refractivity contribution in [2.24, 2.45) is 5.41 Å². The zero-order chi connectivity index (χ0) is 12.2. The molecule has 4 heteroatoms. The first-order chi connectivity index (χ1) is 7.56. The van der Waals surface area contributed by atoms with Gasteiger partial charge < -0.3 is 10.2 Å². The zero-order valence-electron chi connectivity index (χ0n) is 9.21. The van der Waals surface area contributed by atoms with Crippen molar-refractivity contribution in [3.8, 4) is 0 Å². The quantitative estimate of drug-likeness (QED) is 0.838. The maximum Gasteiger partial charge on any atom is 0.141 e. The summed E-state index contributed by atoms with van der Waals surface area (Å²) in [7, 11) is 0. The smallest absolute Gasteiger partial charge is 0.141 e. The van der Waals surface area contributed by atoms with Crippen LogP contribution in [0, 0.1) is 11.2 Å². The monoisotopic (exact) mass is 246 g/mol. The summed E-state index contributed by atoms with van der Waals surface area (Å²) in [5.74, 6) is -0.458. The Kier molecular flexibility index (Phi) is 4.71. The first-order valence-corrected chi connectivity index (χ1v) is 5.60. The van der Waals surface area contributed by atoms with E-state index in [9.17, 15) is 14.6 Å². The number of benzene rings is 1. The van der Waals surface area contributed by atoms with Gasteiger partial charge in [-0.1, -0.05) is 24.6 Å². The van der Waals surface area contributed by atoms with Crippen molar-refractivity contribution < 1.29 is 14.6 Å². The lowest BCUT2D eigenvalue weighted by molar-refractivity contribution is 0.0514. The highest BCUT2D eigenvalue weighted by Gasteiger charge is 2.27. The molecule has 0 amide bonds. The van der Waals surface area contributed by atoms with E-state index in [1.165, 1.54) is 12.1 Å². The highest BCUT2D eigenvalue weighted by Crippen LogP contribution is 2.27. The molecule has 0 aliphatic carbocycles. The van der Waals surface area contributed by atoms with Gasteiger partial charge >= 0.3 is 0 Å². The van der Waals surface area contributed by atoms with Crippen LogP contribution in [0.2, 0.25) is 5.02 Å². The summed E-state index contributed by atoms with van der Waals surface area (Å²) in [4.78, 5) is 0. The predicted molar refractivity (Wildman–Crippen MR) is 62.0 cm³/mol. The number of rotatable bonds is 5. The number of hydrogen-bond acceptors (Lipinski definition) is 2. The van der Waals surface area contributed by atoms with E-state index in [1.807, 2.05) is 6.92 Å². The molecule has 0 saturated carbocycles. The molecule has 0 heterocycles. The second kappa shape index (κ2) is 5.62. The molecule has 0 atom stereocenters. The van der Waals surface area contributed by atoms with E-state index >= 15 is 0 Å². The number of aliphatic hydroxyl groups is 2. The summed E-state index contributed by atoms with van der Waals surface area (Å²) in [6, 6.07) is 4.45. The lowest BCUT2D eigenvalue weighted by atomic mass is 9.81. The Morgan fingerprint density at radius 3 is 2.38 bits per heavy atom. The SMILES string of the molecule is CCC(CO)(CO)Cc1ccc(F)c(Cl)c1. The van der Waals surface area contributed by atoms with Crippen molar-refractivity contribution in [1.29, 1.82) is 0 Å². The van der Waals surface area contributed by atoms with E-state index in [0.29, 0.717) is 12.8 Å². The summed E-state index contributed by atoms with van der Waals surface area (Å²) in [5, 5.41) is 18.7. The van der Waals surface area contributed by atoms with Crippen molar-refractivity contribution in [2.45, 2.75) is 19.8 Å². The van der Waals surface area contributed by atoms with Crippen LogP contribution in [0.5, 0.6) is 0 Å². The zero-order valence-corrected chi connectivity index (χ0v) is 9.97. The van der Waals surface area contributed by atoms with Gasteiger partial charge in [0.1, 0.15) is 5.82 Å². The molecule has 1 rings (SSSR count). The third kappa shape index (κ3) is 2.94. The van der Waals surface area contributed by atoms with Crippen LogP contribution >= 0.6 is 11.6 Å². The van der Waals surface area contributed by atoms with Gasteiger partial charge in [0.15, 0.2) is 0 Å². The Morgan fingerprint density at radius 1 is 1.31 bits per heavy atom. The molecule has 1 aromatic rings. The van der Waals surface area contributed by atoms with Gasteiger partial charge in [0.2, 0.25) is 0 Å². The maximum absolute atomic E-state index is 12.9. The molecule has 0 bridgehead atoms. The van der Waals surface area contributed by atoms with E-state index < -0.39 is 11.2 Å². The predicted octanol–water partition coefficient (Wildman–Crippen LogP) is 2.40. The molecule has 0 fully saturated rings. The summed E-state index contributed by atoms with van der Waals surface area (Å²) in [6.07, 6.45) is 1.13. The van der Waals surface area contributed by atoms with Crippen LogP contribution in [0.15, 0.2) is 18.2 Å². The second-order valence-electron chi connectivity index (χ2n) is 4.10. The summed E-state index contributed by atoms with van der Waals surface area (Å²) in [5.41, 5.74) is 0.262. The van der Waals surface area contributed by atoms with Gasteiger partial charge in [0, 0.05) is 5.41 Å². The molecular weight excluding hydrogens is 231 g/mol. The molecular formula is C12H16ClFO2. The molecule has 0 radical (unpaired) electrons. The maximum atomic E-state index is 12.9. The van der Waals surface area contributed by atoms with Crippen molar-refractivity contribution in [2.75, 3.05) is 13.2 Å². The Hall–Kier alpha value is -0.640. The van der Waals surface area contributed by atoms with Crippen LogP contribution in [-0.4, -0.2) is 23.4 Å². The van der Waals surface area contributed by atoms with Gasteiger partial charge in [-0.2, -0.15) is 0 Å². The Labute approximate surface area is 99.7 Å². The molecule has 90 valence electrons. The normalized spacial score (nSPS) is 11.8. The minimum atomic E-state index is -0.554. The first kappa shape index (κ1) is 13.4. The minimum Gasteiger partial charge on any atom is -0.396 e. The van der Waals surface area contributed by atoms with Crippen molar-refractivity contribution in [1.82, 2.24) is 0 Å². The molecule has 0 saturated heterocycles. The fourth-order valence-electron chi connectivity index (χ4n) is 1.59. The lowest BCUT2D eigenvalue weighted by Crippen LogP contribution is -2.31. The Morgan fingerprint density at radius 2 is 1.94 bits per heavy atom. The molecule has 0 aliphatic heterocycles. The summed E-state index contributed by atoms with van der Waals surface area (Å²) >= 11 is 5.67. The third-order valence-electron chi connectivity index (χ3n) is 2.98. The average molecular weight is 247 g/mol. The van der Waals surface area contributed by atoms with E-state index in [2.05, 4.69) is 0 Å². The minimum absolute atomic E-state index is 0.0679. The standard InChI is InChI=1S/C12H16ClFO2/c1-2-12(7-15,8-16)6-9-3-4-11(14)10(13)5-9/h3-5,15-16H,2,6-8H2,1H3. The Bertz CT molecular complexity index is 343. The van der Waals surface area contributed by atoms with Gasteiger partial charge in [0.05, 0.1) is 18.2 Å². The van der Waals surface area contributed by atoms with E-state index in [1.54, 1.807) is 6.07 Å². The molecule has 0 aliphatic rings. The molecule has 0 aromatic heterocycles. The van der Waals surface area contributed by atoms with Gasteiger partial charge in [-0.3, -0.25) is 0 Å². The average Bonchev–Trinajstić information content (AvgIpc) is 2.31. The highest BCUT2D eigenvalue weighted by molar-refractivity contribution is 6.30. The molecule has 0 spiro atoms. The van der Waals surface area contributed by atoms with E-state index in [0.717, 1.165) is 5.56 Å². The van der Waals surface area contributed by atoms with E-state index in [4.69, 9.17) is 11.6 Å². The van der Waals surface area contributed by atoms with Crippen LogP contribution < -0.4 is 0 Å². The van der Waals surface area contributed by atoms with Crippen molar-refractivity contribution in [3.63, 3.8) is 0 Å². The highest BCUT2D eigenvalue weighted by atomic mass is 35.5. The van der Waals surface area contributed by atoms with Crippen molar-refractivity contribution >= 4 is 11.6 Å². The first-order valence-electron chi connectivity index (χ1n) is 5.22. The van der Waals surface area contributed by atoms with Crippen LogP contribution in [0.25, 0.3) is 0 Å². The van der Waals surface area contributed by atoms with Gasteiger partial charge in [-0.15, -0.1) is 0 Å². The van der Waals surface area contributed by atoms with Gasteiger partial charge in [-0.05, 0) is 30.5 Å².